The first-order valence-corrected chi connectivity index (χ1v) is 22.8. The zero-order valence-electron chi connectivity index (χ0n) is 36.4. The number of hydrogen-bond donors (Lipinski definition) is 0. The maximum Gasteiger partial charge on any atom is 0.0158 e. The Bertz CT molecular complexity index is 3830. The summed E-state index contributed by atoms with van der Waals surface area (Å²) in [5, 5.41) is 12.5. The molecule has 0 spiro atoms. The van der Waals surface area contributed by atoms with Crippen LogP contribution in [0.15, 0.2) is 231 Å². The minimum Gasteiger partial charge on any atom is -0.0622 e. The number of fused-ring (bicyclic) bond motifs is 8. The van der Waals surface area contributed by atoms with Crippen LogP contribution in [0, 0.1) is 0 Å². The largest absolute Gasteiger partial charge is 0.0622 e. The van der Waals surface area contributed by atoms with Crippen LogP contribution in [0.5, 0.6) is 0 Å². The molecule has 12 aromatic carbocycles. The molecule has 1 aliphatic carbocycles. The van der Waals surface area contributed by atoms with Crippen LogP contribution >= 0.6 is 0 Å². The molecule has 0 radical (unpaired) electrons. The second-order valence-electron chi connectivity index (χ2n) is 18.3. The lowest BCUT2D eigenvalue weighted by Crippen LogP contribution is -2.14. The molecule has 0 unspecified atom stereocenters. The van der Waals surface area contributed by atoms with Gasteiger partial charge in [-0.25, -0.2) is 0 Å². The molecule has 0 aliphatic heterocycles. The summed E-state index contributed by atoms with van der Waals surface area (Å²) in [5.74, 6) is 0. The van der Waals surface area contributed by atoms with Crippen molar-refractivity contribution in [3.63, 3.8) is 0 Å². The Morgan fingerprint density at radius 2 is 0.631 bits per heavy atom. The lowest BCUT2D eigenvalue weighted by molar-refractivity contribution is 0.660. The van der Waals surface area contributed by atoms with Crippen LogP contribution in [0.3, 0.4) is 0 Å². The molecule has 0 amide bonds. The third-order valence-corrected chi connectivity index (χ3v) is 14.4. The molecule has 0 bridgehead atoms. The summed E-state index contributed by atoms with van der Waals surface area (Å²) in [6.07, 6.45) is 0. The van der Waals surface area contributed by atoms with E-state index in [1.807, 2.05) is 0 Å². The highest BCUT2D eigenvalue weighted by atomic mass is 14.4. The second kappa shape index (κ2) is 14.5. The first-order chi connectivity index (χ1) is 32.0. The molecule has 0 N–H and O–H groups in total. The summed E-state index contributed by atoms with van der Waals surface area (Å²) in [5.41, 5.74) is 17.8. The van der Waals surface area contributed by atoms with Crippen molar-refractivity contribution in [1.29, 1.82) is 0 Å². The highest BCUT2D eigenvalue weighted by molar-refractivity contribution is 6.25. The maximum absolute atomic E-state index is 2.50. The lowest BCUT2D eigenvalue weighted by Gasteiger charge is -2.22. The Kier molecular flexibility index (Phi) is 8.36. The molecule has 0 aromatic heterocycles. The van der Waals surface area contributed by atoms with Crippen molar-refractivity contribution in [1.82, 2.24) is 0 Å². The molecule has 0 fully saturated rings. The Morgan fingerprint density at radius 3 is 1.28 bits per heavy atom. The van der Waals surface area contributed by atoms with Crippen LogP contribution in [-0.2, 0) is 5.41 Å². The van der Waals surface area contributed by atoms with Gasteiger partial charge in [0.25, 0.3) is 0 Å². The van der Waals surface area contributed by atoms with Gasteiger partial charge in [0.2, 0.25) is 0 Å². The predicted octanol–water partition coefficient (Wildman–Crippen LogP) is 18.1. The van der Waals surface area contributed by atoms with E-state index >= 15 is 0 Å². The minimum atomic E-state index is -0.0594. The summed E-state index contributed by atoms with van der Waals surface area (Å²) >= 11 is 0. The van der Waals surface area contributed by atoms with Crippen LogP contribution in [0.25, 0.3) is 121 Å². The summed E-state index contributed by atoms with van der Waals surface area (Å²) in [6.45, 7) is 4.73. The lowest BCUT2D eigenvalue weighted by atomic mass is 9.81. The average molecular weight is 825 g/mol. The fourth-order valence-electron chi connectivity index (χ4n) is 11.4. The highest BCUT2D eigenvalue weighted by Crippen LogP contribution is 2.52. The zero-order chi connectivity index (χ0) is 43.2. The van der Waals surface area contributed by atoms with Crippen molar-refractivity contribution >= 4 is 53.9 Å². The van der Waals surface area contributed by atoms with Crippen molar-refractivity contribution in [2.75, 3.05) is 0 Å². The molecule has 12 aromatic rings. The highest BCUT2D eigenvalue weighted by Gasteiger charge is 2.35. The van der Waals surface area contributed by atoms with Gasteiger partial charge >= 0.3 is 0 Å². The normalized spacial score (nSPS) is 12.9. The summed E-state index contributed by atoms with van der Waals surface area (Å²) in [4.78, 5) is 0. The van der Waals surface area contributed by atoms with Gasteiger partial charge in [-0.15, -0.1) is 0 Å². The number of hydrogen-bond acceptors (Lipinski definition) is 0. The molecule has 0 saturated carbocycles. The van der Waals surface area contributed by atoms with Crippen molar-refractivity contribution in [2.24, 2.45) is 0 Å². The molecular weight excluding hydrogens is 781 g/mol. The quantitative estimate of drug-likeness (QED) is 0.152. The SMILES string of the molecule is CC1(C)c2ccccc2-c2cc(-c3c4ccccc4c(-c4ccc5ccccc5c4)c4cc(-c5c6ccccc6c(-c6ccc(-c7ccccc7)cc6)c6ccccc56)ccc34)ccc21. The Labute approximate surface area is 379 Å². The average Bonchev–Trinajstić information content (AvgIpc) is 3.59. The number of rotatable bonds is 5. The third kappa shape index (κ3) is 5.77. The summed E-state index contributed by atoms with van der Waals surface area (Å²) < 4.78 is 0. The monoisotopic (exact) mass is 824 g/mol. The first kappa shape index (κ1) is 37.5. The van der Waals surface area contributed by atoms with Crippen molar-refractivity contribution in [3.05, 3.63) is 242 Å². The van der Waals surface area contributed by atoms with E-state index in [9.17, 15) is 0 Å². The van der Waals surface area contributed by atoms with Crippen molar-refractivity contribution in [3.8, 4) is 66.8 Å². The van der Waals surface area contributed by atoms with E-state index in [0.717, 1.165) is 0 Å². The summed E-state index contributed by atoms with van der Waals surface area (Å²) in [6, 6.07) is 86.2. The van der Waals surface area contributed by atoms with Crippen LogP contribution in [0.4, 0.5) is 0 Å². The van der Waals surface area contributed by atoms with Crippen molar-refractivity contribution in [2.45, 2.75) is 19.3 Å². The molecule has 13 rings (SSSR count). The second-order valence-corrected chi connectivity index (χ2v) is 18.3. The standard InChI is InChI=1S/C65H44/c1-65(2)59-27-15-14-20-49(59)57-39-48(35-37-60(57)65)63-54-25-12-13-26-55(54)64(46-33-30-42-18-6-7-19-45(42)38-46)58-40-47(34-36-56(58)63)62-52-23-10-8-21-50(52)61(51-22-9-11-24-53(51)62)44-31-28-43(29-32-44)41-16-4-3-5-17-41/h3-40H,1-2H3. The van der Waals surface area contributed by atoms with Gasteiger partial charge in [0.1, 0.15) is 0 Å². The Balaban J connectivity index is 1.09. The van der Waals surface area contributed by atoms with E-state index in [-0.39, 0.29) is 5.41 Å². The third-order valence-electron chi connectivity index (χ3n) is 14.4. The molecule has 1 aliphatic rings. The van der Waals surface area contributed by atoms with Gasteiger partial charge in [0.15, 0.2) is 0 Å². The van der Waals surface area contributed by atoms with Gasteiger partial charge in [0, 0.05) is 5.41 Å². The minimum absolute atomic E-state index is 0.0594. The van der Waals surface area contributed by atoms with Gasteiger partial charge in [-0.2, -0.15) is 0 Å². The van der Waals surface area contributed by atoms with E-state index in [4.69, 9.17) is 0 Å². The topological polar surface area (TPSA) is 0 Å². The van der Waals surface area contributed by atoms with E-state index < -0.39 is 0 Å². The summed E-state index contributed by atoms with van der Waals surface area (Å²) in [7, 11) is 0. The molecule has 0 atom stereocenters. The van der Waals surface area contributed by atoms with E-state index in [1.165, 1.54) is 132 Å². The van der Waals surface area contributed by atoms with E-state index in [2.05, 4.69) is 244 Å². The van der Waals surface area contributed by atoms with Gasteiger partial charge in [-0.3, -0.25) is 0 Å². The van der Waals surface area contributed by atoms with E-state index in [0.29, 0.717) is 0 Å². The molecule has 0 heterocycles. The first-order valence-electron chi connectivity index (χ1n) is 22.8. The fourth-order valence-corrected chi connectivity index (χ4v) is 11.4. The fraction of sp³-hybridized carbons (Fsp3) is 0.0462. The number of benzene rings is 12. The van der Waals surface area contributed by atoms with Crippen LogP contribution in [0.1, 0.15) is 25.0 Å². The van der Waals surface area contributed by atoms with Crippen LogP contribution in [-0.4, -0.2) is 0 Å². The van der Waals surface area contributed by atoms with Gasteiger partial charge in [-0.05, 0) is 150 Å². The predicted molar refractivity (Wildman–Crippen MR) is 279 cm³/mol. The molecule has 0 saturated heterocycles. The van der Waals surface area contributed by atoms with Crippen molar-refractivity contribution < 1.29 is 0 Å². The molecule has 0 heteroatoms. The van der Waals surface area contributed by atoms with Crippen LogP contribution < -0.4 is 0 Å². The van der Waals surface area contributed by atoms with Gasteiger partial charge in [-0.1, -0.05) is 226 Å². The van der Waals surface area contributed by atoms with Crippen LogP contribution in [0.2, 0.25) is 0 Å². The molecule has 304 valence electrons. The Morgan fingerprint density at radius 1 is 0.231 bits per heavy atom. The van der Waals surface area contributed by atoms with Gasteiger partial charge < -0.3 is 0 Å². The van der Waals surface area contributed by atoms with Gasteiger partial charge in [0.05, 0.1) is 0 Å². The maximum atomic E-state index is 2.50. The molecule has 65 heavy (non-hydrogen) atoms. The smallest absolute Gasteiger partial charge is 0.0158 e. The molecular formula is C65H44. The Hall–Kier alpha value is -8.06. The zero-order valence-corrected chi connectivity index (χ0v) is 36.4. The molecule has 0 nitrogen and oxygen atoms in total. The van der Waals surface area contributed by atoms with E-state index in [1.54, 1.807) is 0 Å².